The van der Waals surface area contributed by atoms with Crippen LogP contribution in [0.4, 0.5) is 0 Å². The quantitative estimate of drug-likeness (QED) is 0.675. The number of allylic oxidation sites excluding steroid dienone is 1. The third-order valence-corrected chi connectivity index (χ3v) is 3.33. The van der Waals surface area contributed by atoms with Crippen molar-refractivity contribution in [1.82, 2.24) is 0 Å². The van der Waals surface area contributed by atoms with E-state index in [-0.39, 0.29) is 5.44 Å². The van der Waals surface area contributed by atoms with Crippen LogP contribution < -0.4 is 0 Å². The Kier molecular flexibility index (Phi) is 1.43. The van der Waals surface area contributed by atoms with E-state index in [1.54, 1.807) is 0 Å². The Labute approximate surface area is 80.8 Å². The smallest absolute Gasteiger partial charge is 0.123 e. The molecular formula is C11H8OS. The van der Waals surface area contributed by atoms with Crippen LogP contribution in [0.2, 0.25) is 0 Å². The summed E-state index contributed by atoms with van der Waals surface area (Å²) >= 11 is 1.52. The lowest BCUT2D eigenvalue weighted by atomic mass is 10.1. The summed E-state index contributed by atoms with van der Waals surface area (Å²) in [6.45, 7) is 0. The maximum atomic E-state index is 9.41. The molecule has 1 N–H and O–H groups in total. The first kappa shape index (κ1) is 7.42. The maximum absolute atomic E-state index is 9.41. The van der Waals surface area contributed by atoms with E-state index < -0.39 is 0 Å². The predicted octanol–water partition coefficient (Wildman–Crippen LogP) is 2.49. The molecule has 0 fully saturated rings. The number of thioether (sulfide) groups is 1. The van der Waals surface area contributed by atoms with Gasteiger partial charge in [-0.1, -0.05) is 36.0 Å². The second kappa shape index (κ2) is 2.50. The summed E-state index contributed by atoms with van der Waals surface area (Å²) in [5.41, 5.74) is 3.37. The highest BCUT2D eigenvalue weighted by atomic mass is 32.2. The largest absolute Gasteiger partial charge is 0.378 e. The Balaban J connectivity index is 2.22. The number of hydrogen-bond donors (Lipinski definition) is 1. The Morgan fingerprint density at radius 1 is 1.23 bits per heavy atom. The first-order valence-electron chi connectivity index (χ1n) is 4.22. The van der Waals surface area contributed by atoms with E-state index in [1.165, 1.54) is 33.4 Å². The molecule has 1 aliphatic heterocycles. The molecule has 0 saturated carbocycles. The molecule has 0 aromatic heterocycles. The van der Waals surface area contributed by atoms with Crippen molar-refractivity contribution in [2.45, 2.75) is 5.44 Å². The highest BCUT2D eigenvalue weighted by molar-refractivity contribution is 8.04. The van der Waals surface area contributed by atoms with E-state index in [4.69, 9.17) is 0 Å². The SMILES string of the molecule is OC1C=C2C(=Cc3ccccc32)S1. The van der Waals surface area contributed by atoms with E-state index >= 15 is 0 Å². The topological polar surface area (TPSA) is 20.2 Å². The van der Waals surface area contributed by atoms with Crippen molar-refractivity contribution in [1.29, 1.82) is 0 Å². The van der Waals surface area contributed by atoms with Crippen LogP contribution in [-0.2, 0) is 0 Å². The lowest BCUT2D eigenvalue weighted by molar-refractivity contribution is 0.312. The van der Waals surface area contributed by atoms with Gasteiger partial charge in [-0.15, -0.1) is 0 Å². The number of fused-ring (bicyclic) bond motifs is 3. The minimum absolute atomic E-state index is 0.352. The van der Waals surface area contributed by atoms with Gasteiger partial charge in [0, 0.05) is 4.91 Å². The number of benzene rings is 1. The minimum Gasteiger partial charge on any atom is -0.378 e. The van der Waals surface area contributed by atoms with Gasteiger partial charge in [0.05, 0.1) is 0 Å². The fourth-order valence-electron chi connectivity index (χ4n) is 1.80. The van der Waals surface area contributed by atoms with Crippen molar-refractivity contribution in [2.75, 3.05) is 0 Å². The molecule has 0 amide bonds. The molecule has 1 heterocycles. The first-order valence-corrected chi connectivity index (χ1v) is 5.10. The summed E-state index contributed by atoms with van der Waals surface area (Å²) in [6, 6.07) is 8.28. The van der Waals surface area contributed by atoms with Crippen LogP contribution in [-0.4, -0.2) is 10.5 Å². The molecule has 0 bridgehead atoms. The molecule has 1 atom stereocenters. The number of hydrogen-bond acceptors (Lipinski definition) is 2. The Hall–Kier alpha value is -0.990. The molecule has 64 valence electrons. The van der Waals surface area contributed by atoms with Crippen LogP contribution in [0.1, 0.15) is 11.1 Å². The van der Waals surface area contributed by atoms with Gasteiger partial charge < -0.3 is 5.11 Å². The van der Waals surface area contributed by atoms with Crippen molar-refractivity contribution in [2.24, 2.45) is 0 Å². The summed E-state index contributed by atoms with van der Waals surface area (Å²) < 4.78 is 0. The van der Waals surface area contributed by atoms with Gasteiger partial charge in [0.15, 0.2) is 0 Å². The highest BCUT2D eigenvalue weighted by Crippen LogP contribution is 2.47. The molecule has 0 spiro atoms. The molecule has 0 saturated heterocycles. The van der Waals surface area contributed by atoms with Crippen LogP contribution in [0, 0.1) is 0 Å². The molecule has 3 rings (SSSR count). The zero-order valence-corrected chi connectivity index (χ0v) is 7.71. The van der Waals surface area contributed by atoms with E-state index in [9.17, 15) is 5.11 Å². The van der Waals surface area contributed by atoms with Crippen molar-refractivity contribution >= 4 is 23.4 Å². The van der Waals surface area contributed by atoms with Gasteiger partial charge >= 0.3 is 0 Å². The van der Waals surface area contributed by atoms with E-state index in [0.29, 0.717) is 0 Å². The summed E-state index contributed by atoms with van der Waals surface area (Å²) in [6.07, 6.45) is 4.06. The number of aliphatic hydroxyl groups is 1. The summed E-state index contributed by atoms with van der Waals surface area (Å²) in [7, 11) is 0. The number of aliphatic hydroxyl groups excluding tert-OH is 1. The summed E-state index contributed by atoms with van der Waals surface area (Å²) in [4.78, 5) is 1.20. The minimum atomic E-state index is -0.352. The van der Waals surface area contributed by atoms with E-state index in [0.717, 1.165) is 0 Å². The molecule has 0 radical (unpaired) electrons. The molecule has 1 aliphatic carbocycles. The van der Waals surface area contributed by atoms with Gasteiger partial charge in [0.1, 0.15) is 5.44 Å². The molecule has 13 heavy (non-hydrogen) atoms. The molecule has 1 nitrogen and oxygen atoms in total. The van der Waals surface area contributed by atoms with Crippen LogP contribution in [0.15, 0.2) is 35.2 Å². The number of rotatable bonds is 0. The average molecular weight is 188 g/mol. The van der Waals surface area contributed by atoms with Gasteiger partial charge in [-0.3, -0.25) is 0 Å². The van der Waals surface area contributed by atoms with Crippen LogP contribution in [0.25, 0.3) is 11.6 Å². The maximum Gasteiger partial charge on any atom is 0.123 e. The Morgan fingerprint density at radius 2 is 2.08 bits per heavy atom. The van der Waals surface area contributed by atoms with Crippen molar-refractivity contribution in [3.05, 3.63) is 46.4 Å². The van der Waals surface area contributed by atoms with Gasteiger partial charge in [-0.2, -0.15) is 0 Å². The zero-order chi connectivity index (χ0) is 8.84. The molecule has 2 aliphatic rings. The second-order valence-corrected chi connectivity index (χ2v) is 4.34. The van der Waals surface area contributed by atoms with Gasteiger partial charge in [-0.25, -0.2) is 0 Å². The fraction of sp³-hybridized carbons (Fsp3) is 0.0909. The summed E-state index contributed by atoms with van der Waals surface area (Å²) in [5, 5.41) is 9.41. The molecule has 1 unspecified atom stereocenters. The van der Waals surface area contributed by atoms with Gasteiger partial charge in [0.2, 0.25) is 0 Å². The predicted molar refractivity (Wildman–Crippen MR) is 56.0 cm³/mol. The van der Waals surface area contributed by atoms with Gasteiger partial charge in [-0.05, 0) is 28.9 Å². The summed E-state index contributed by atoms with van der Waals surface area (Å²) in [5.74, 6) is 0. The molecule has 1 aromatic rings. The lowest BCUT2D eigenvalue weighted by Gasteiger charge is -1.97. The monoisotopic (exact) mass is 188 g/mol. The highest BCUT2D eigenvalue weighted by Gasteiger charge is 2.26. The Morgan fingerprint density at radius 3 is 3.00 bits per heavy atom. The van der Waals surface area contributed by atoms with Crippen molar-refractivity contribution in [3.8, 4) is 0 Å². The standard InChI is InChI=1S/C11H8OS/c12-11-6-9-8-4-2-1-3-7(8)5-10(9)13-11/h1-6,11-12H. The zero-order valence-electron chi connectivity index (χ0n) is 6.90. The average Bonchev–Trinajstić information content (AvgIpc) is 2.60. The van der Waals surface area contributed by atoms with E-state index in [2.05, 4.69) is 18.2 Å². The Bertz CT molecular complexity index is 431. The van der Waals surface area contributed by atoms with Crippen LogP contribution >= 0.6 is 11.8 Å². The lowest BCUT2D eigenvalue weighted by Crippen LogP contribution is -1.88. The molecule has 1 aromatic carbocycles. The third kappa shape index (κ3) is 0.992. The first-order chi connectivity index (χ1) is 6.34. The molecular weight excluding hydrogens is 180 g/mol. The van der Waals surface area contributed by atoms with Crippen LogP contribution in [0.5, 0.6) is 0 Å². The molecule has 2 heteroatoms. The normalized spacial score (nSPS) is 23.6. The van der Waals surface area contributed by atoms with Crippen molar-refractivity contribution in [3.63, 3.8) is 0 Å². The fourth-order valence-corrected chi connectivity index (χ4v) is 2.76. The third-order valence-electron chi connectivity index (χ3n) is 2.36. The van der Waals surface area contributed by atoms with Gasteiger partial charge in [0.25, 0.3) is 0 Å². The van der Waals surface area contributed by atoms with E-state index in [1.807, 2.05) is 18.2 Å². The second-order valence-electron chi connectivity index (χ2n) is 3.18. The van der Waals surface area contributed by atoms with Crippen LogP contribution in [0.3, 0.4) is 0 Å². The van der Waals surface area contributed by atoms with Crippen molar-refractivity contribution < 1.29 is 5.11 Å².